The lowest BCUT2D eigenvalue weighted by molar-refractivity contribution is 0.0689. The number of nitrogens with zero attached hydrogens (tertiary/aromatic N) is 2. The highest BCUT2D eigenvalue weighted by molar-refractivity contribution is 7.15. The molecule has 1 saturated heterocycles. The minimum Gasteiger partial charge on any atom is -0.493 e. The molecular weight excluding hydrogens is 488 g/mol. The largest absolute Gasteiger partial charge is 0.493 e. The van der Waals surface area contributed by atoms with Gasteiger partial charge in [0.15, 0.2) is 11.6 Å². The molecule has 7 nitrogen and oxygen atoms in total. The quantitative estimate of drug-likeness (QED) is 0.540. The molecule has 0 unspecified atom stereocenters. The van der Waals surface area contributed by atoms with Crippen molar-refractivity contribution in [1.29, 1.82) is 0 Å². The molecule has 1 aromatic heterocycles. The smallest absolute Gasteiger partial charge is 0.336 e. The Morgan fingerprint density at radius 1 is 1.22 bits per heavy atom. The molecule has 3 N–H and O–H groups in total. The second-order valence-electron chi connectivity index (χ2n) is 9.13. The Kier molecular flexibility index (Phi) is 6.48. The maximum absolute atomic E-state index is 13.6. The van der Waals surface area contributed by atoms with Gasteiger partial charge in [-0.25, -0.2) is 18.6 Å². The zero-order valence-electron chi connectivity index (χ0n) is 19.5. The van der Waals surface area contributed by atoms with Crippen molar-refractivity contribution in [2.24, 2.45) is 11.7 Å². The number of likely N-dealkylation sites (tertiary alicyclic amines) is 1. The van der Waals surface area contributed by atoms with Crippen LogP contribution in [0.3, 0.4) is 0 Å². The number of ether oxygens (including phenoxy) is 1. The molecule has 0 bridgehead atoms. The highest BCUT2D eigenvalue weighted by atomic mass is 32.1. The maximum Gasteiger partial charge on any atom is 0.336 e. The summed E-state index contributed by atoms with van der Waals surface area (Å²) in [5.41, 5.74) is 7.79. The number of fused-ring (bicyclic) bond motifs is 2. The molecule has 3 aliphatic rings. The van der Waals surface area contributed by atoms with Gasteiger partial charge < -0.3 is 20.5 Å². The summed E-state index contributed by atoms with van der Waals surface area (Å²) >= 11 is 1.31. The van der Waals surface area contributed by atoms with E-state index in [0.717, 1.165) is 36.3 Å². The van der Waals surface area contributed by atoms with E-state index in [1.807, 2.05) is 4.90 Å². The summed E-state index contributed by atoms with van der Waals surface area (Å²) in [7, 11) is 0. The summed E-state index contributed by atoms with van der Waals surface area (Å²) < 4.78 is 32.0. The first-order valence-corrected chi connectivity index (χ1v) is 12.5. The third kappa shape index (κ3) is 4.46. The molecule has 188 valence electrons. The summed E-state index contributed by atoms with van der Waals surface area (Å²) in [6, 6.07) is 9.07. The number of aromatic nitrogens is 1. The predicted molar refractivity (Wildman–Crippen MR) is 130 cm³/mol. The lowest BCUT2D eigenvalue weighted by Gasteiger charge is -2.26. The summed E-state index contributed by atoms with van der Waals surface area (Å²) in [5, 5.41) is 9.51. The van der Waals surface area contributed by atoms with Crippen molar-refractivity contribution in [2.45, 2.75) is 38.3 Å². The fraction of sp³-hybridized carbons (Fsp3) is 0.346. The Labute approximate surface area is 210 Å². The third-order valence-electron chi connectivity index (χ3n) is 6.81. The Morgan fingerprint density at radius 2 is 2.03 bits per heavy atom. The molecule has 0 radical (unpaired) electrons. The number of nitrogens with two attached hydrogens (primary N) is 1. The fourth-order valence-electron chi connectivity index (χ4n) is 5.04. The van der Waals surface area contributed by atoms with Crippen LogP contribution in [0.1, 0.15) is 44.3 Å². The van der Waals surface area contributed by atoms with Crippen LogP contribution in [0, 0.1) is 24.5 Å². The Morgan fingerprint density at radius 3 is 2.75 bits per heavy atom. The van der Waals surface area contributed by atoms with Gasteiger partial charge in [-0.3, -0.25) is 4.79 Å². The van der Waals surface area contributed by atoms with Gasteiger partial charge in [-0.1, -0.05) is 12.1 Å². The van der Waals surface area contributed by atoms with Gasteiger partial charge in [0, 0.05) is 30.6 Å². The third-order valence-corrected chi connectivity index (χ3v) is 7.83. The van der Waals surface area contributed by atoms with E-state index in [1.165, 1.54) is 17.4 Å². The van der Waals surface area contributed by atoms with Crippen molar-refractivity contribution in [1.82, 2.24) is 9.88 Å². The van der Waals surface area contributed by atoms with Crippen LogP contribution in [0.2, 0.25) is 0 Å². The normalized spacial score (nSPS) is 21.2. The van der Waals surface area contributed by atoms with Gasteiger partial charge in [-0.05, 0) is 55.5 Å². The van der Waals surface area contributed by atoms with E-state index < -0.39 is 17.6 Å². The van der Waals surface area contributed by atoms with Crippen LogP contribution in [0.5, 0.6) is 5.75 Å². The van der Waals surface area contributed by atoms with E-state index in [4.69, 9.17) is 15.6 Å². The number of aryl methyl sites for hydroxylation is 1. The van der Waals surface area contributed by atoms with E-state index in [9.17, 15) is 18.4 Å². The van der Waals surface area contributed by atoms with Gasteiger partial charge in [-0.2, -0.15) is 0 Å². The first-order valence-electron chi connectivity index (χ1n) is 11.7. The minimum absolute atomic E-state index is 0.0426. The first kappa shape index (κ1) is 24.3. The monoisotopic (exact) mass is 513 g/mol. The Balaban J connectivity index is 0.000000186. The van der Waals surface area contributed by atoms with Crippen LogP contribution in [0.4, 0.5) is 8.78 Å². The zero-order chi connectivity index (χ0) is 25.6. The number of piperidine rings is 1. The van der Waals surface area contributed by atoms with E-state index in [1.54, 1.807) is 25.1 Å². The van der Waals surface area contributed by atoms with E-state index in [-0.39, 0.29) is 18.0 Å². The average molecular weight is 514 g/mol. The number of carboxylic acids is 1. The predicted octanol–water partition coefficient (Wildman–Crippen LogP) is 4.28. The lowest BCUT2D eigenvalue weighted by atomic mass is 10.1. The topological polar surface area (TPSA) is 106 Å². The van der Waals surface area contributed by atoms with Crippen molar-refractivity contribution in [3.05, 3.63) is 69.9 Å². The van der Waals surface area contributed by atoms with Crippen LogP contribution in [-0.4, -0.2) is 52.1 Å². The number of amides is 1. The van der Waals surface area contributed by atoms with Crippen molar-refractivity contribution >= 4 is 23.2 Å². The molecule has 2 fully saturated rings. The van der Waals surface area contributed by atoms with Gasteiger partial charge >= 0.3 is 5.97 Å². The summed E-state index contributed by atoms with van der Waals surface area (Å²) in [6.07, 6.45) is 2.67. The molecule has 2 aliphatic heterocycles. The number of hydrogen-bond donors (Lipinski definition) is 2. The molecule has 36 heavy (non-hydrogen) atoms. The molecule has 10 heteroatoms. The van der Waals surface area contributed by atoms with Crippen molar-refractivity contribution in [2.75, 3.05) is 13.2 Å². The highest BCUT2D eigenvalue weighted by Crippen LogP contribution is 2.48. The number of benzene rings is 2. The zero-order valence-corrected chi connectivity index (χ0v) is 20.4. The van der Waals surface area contributed by atoms with Crippen molar-refractivity contribution in [3.8, 4) is 16.2 Å². The molecule has 3 heterocycles. The number of halogens is 2. The minimum atomic E-state index is -0.930. The number of carbonyl (C=O) groups excluding carboxylic acids is 1. The number of hydrogen-bond acceptors (Lipinski definition) is 6. The fourth-order valence-corrected chi connectivity index (χ4v) is 5.94. The number of aromatic carboxylic acids is 1. The molecule has 2 aromatic carbocycles. The van der Waals surface area contributed by atoms with Gasteiger partial charge in [0.25, 0.3) is 5.91 Å². The molecule has 0 spiro atoms. The van der Waals surface area contributed by atoms with Gasteiger partial charge in [-0.15, -0.1) is 11.3 Å². The van der Waals surface area contributed by atoms with Crippen molar-refractivity contribution in [3.63, 3.8) is 0 Å². The second kappa shape index (κ2) is 9.59. The molecule has 1 aliphatic carbocycles. The second-order valence-corrected chi connectivity index (χ2v) is 10.3. The highest BCUT2D eigenvalue weighted by Gasteiger charge is 2.54. The van der Waals surface area contributed by atoms with Gasteiger partial charge in [0.1, 0.15) is 11.4 Å². The standard InChI is InChI=1S/C17H17F2N3OS.C9H8O3/c1-8-21-15(16(24-8)9-2-3-12(18)13(19)5-9)17(23)22-11(7-20)4-10-6-14(10)22;10-9(11)7-2-1-3-8-6(7)4-5-12-8/h2-3,5,10-11,14H,4,6-7,20H2,1H3;1-3H,4-5H2,(H,10,11)/t10-,11+,14+;/m1./s1. The van der Waals surface area contributed by atoms with Crippen LogP contribution in [0.25, 0.3) is 10.4 Å². The molecule has 1 amide bonds. The lowest BCUT2D eigenvalue weighted by Crippen LogP contribution is -2.42. The maximum atomic E-state index is 13.6. The Bertz CT molecular complexity index is 1340. The summed E-state index contributed by atoms with van der Waals surface area (Å²) in [5.74, 6) is -1.60. The molecule has 1 saturated carbocycles. The van der Waals surface area contributed by atoms with E-state index in [2.05, 4.69) is 4.98 Å². The molecule has 3 aromatic rings. The van der Waals surface area contributed by atoms with Gasteiger partial charge in [0.2, 0.25) is 0 Å². The van der Waals surface area contributed by atoms with Crippen LogP contribution < -0.4 is 10.5 Å². The first-order chi connectivity index (χ1) is 17.3. The van der Waals surface area contributed by atoms with E-state index >= 15 is 0 Å². The van der Waals surface area contributed by atoms with Gasteiger partial charge in [0.05, 0.1) is 22.1 Å². The van der Waals surface area contributed by atoms with Crippen LogP contribution in [0.15, 0.2) is 36.4 Å². The average Bonchev–Trinajstić information content (AvgIpc) is 3.20. The molecule has 6 rings (SSSR count). The molecular formula is C26H25F2N3O4S. The number of rotatable bonds is 4. The Hall–Kier alpha value is -3.37. The van der Waals surface area contributed by atoms with Crippen LogP contribution >= 0.6 is 11.3 Å². The van der Waals surface area contributed by atoms with Crippen molar-refractivity contribution < 1.29 is 28.2 Å². The summed E-state index contributed by atoms with van der Waals surface area (Å²) in [4.78, 5) is 30.6. The summed E-state index contributed by atoms with van der Waals surface area (Å²) in [6.45, 7) is 2.83. The van der Waals surface area contributed by atoms with E-state index in [0.29, 0.717) is 52.2 Å². The number of carboxylic acid groups (broad SMARTS) is 1. The number of thiazole rings is 1. The van der Waals surface area contributed by atoms with Crippen LogP contribution in [-0.2, 0) is 6.42 Å². The number of carbonyl (C=O) groups is 2. The SMILES string of the molecule is Cc1nc(C(=O)N2[C@H](CN)C[C@@H]3C[C@@H]32)c(-c2ccc(F)c(F)c2)s1.O=C(O)c1cccc2c1CCO2. The molecule has 3 atom stereocenters.